The van der Waals surface area contributed by atoms with Crippen LogP contribution in [-0.4, -0.2) is 138 Å². The van der Waals surface area contributed by atoms with Gasteiger partial charge in [-0.1, -0.05) is 6.07 Å². The van der Waals surface area contributed by atoms with Crippen LogP contribution in [0.2, 0.25) is 0 Å². The SMILES string of the molecule is COc1cc(C=CC(=O)OCC2OC(OC3C(c4c(O)cc5oc(-c6ccc(O)c(O)c6)cc(=O)c5c4O)OC(CO)C(O)C3O)C(O)C(O)C2O)ccc1O. The van der Waals surface area contributed by atoms with E-state index in [1.165, 1.54) is 37.5 Å². The maximum Gasteiger partial charge on any atom is 0.330 e. The molecule has 2 aliphatic rings. The molecule has 1 aromatic heterocycles. The molecule has 19 heteroatoms. The minimum absolute atomic E-state index is 0.127. The first kappa shape index (κ1) is 40.2. The first-order chi connectivity index (χ1) is 26.6. The second-order valence-corrected chi connectivity index (χ2v) is 13.0. The number of phenolic OH excluding ortho intramolecular Hbond substituents is 5. The Balaban J connectivity index is 1.27. The summed E-state index contributed by atoms with van der Waals surface area (Å²) in [6.45, 7) is -1.60. The van der Waals surface area contributed by atoms with Gasteiger partial charge >= 0.3 is 5.97 Å². The van der Waals surface area contributed by atoms with Gasteiger partial charge in [-0.25, -0.2) is 4.79 Å². The molecule has 3 heterocycles. The number of aliphatic hydroxyl groups excluding tert-OH is 6. The molecular weight excluding hydrogens is 748 g/mol. The maximum absolute atomic E-state index is 13.4. The highest BCUT2D eigenvalue weighted by atomic mass is 16.7. The summed E-state index contributed by atoms with van der Waals surface area (Å²) in [4.78, 5) is 25.9. The minimum atomic E-state index is -2.05. The second kappa shape index (κ2) is 16.3. The van der Waals surface area contributed by atoms with Gasteiger partial charge in [-0.05, 0) is 42.0 Å². The van der Waals surface area contributed by atoms with Crippen LogP contribution in [0.1, 0.15) is 17.2 Å². The first-order valence-electron chi connectivity index (χ1n) is 16.9. The van der Waals surface area contributed by atoms with E-state index < -0.39 is 120 Å². The van der Waals surface area contributed by atoms with Crippen molar-refractivity contribution in [2.24, 2.45) is 0 Å². The molecule has 11 N–H and O–H groups in total. The molecule has 0 spiro atoms. The summed E-state index contributed by atoms with van der Waals surface area (Å²) in [5, 5.41) is 115. The number of rotatable bonds is 10. The van der Waals surface area contributed by atoms with E-state index in [9.17, 15) is 65.8 Å². The number of phenols is 5. The van der Waals surface area contributed by atoms with Crippen LogP contribution in [-0.2, 0) is 23.7 Å². The van der Waals surface area contributed by atoms with Gasteiger partial charge in [-0.3, -0.25) is 4.79 Å². The summed E-state index contributed by atoms with van der Waals surface area (Å²) in [7, 11) is 1.34. The van der Waals surface area contributed by atoms with Crippen molar-refractivity contribution < 1.29 is 89.1 Å². The smallest absolute Gasteiger partial charge is 0.330 e. The van der Waals surface area contributed by atoms with Crippen molar-refractivity contribution >= 4 is 23.0 Å². The summed E-state index contributed by atoms with van der Waals surface area (Å²) in [5.74, 6) is -3.73. The third-order valence-corrected chi connectivity index (χ3v) is 9.39. The molecule has 0 bridgehead atoms. The highest BCUT2D eigenvalue weighted by Crippen LogP contribution is 2.46. The van der Waals surface area contributed by atoms with Crippen LogP contribution in [0.15, 0.2) is 63.8 Å². The van der Waals surface area contributed by atoms with Crippen LogP contribution in [0.5, 0.6) is 34.5 Å². The molecule has 6 rings (SSSR count). The van der Waals surface area contributed by atoms with Crippen LogP contribution in [0.3, 0.4) is 0 Å². The Hall–Kier alpha value is -5.48. The lowest BCUT2D eigenvalue weighted by atomic mass is 9.89. The van der Waals surface area contributed by atoms with Crippen molar-refractivity contribution in [2.45, 2.75) is 61.2 Å². The Bertz CT molecular complexity index is 2170. The number of carbonyl (C=O) groups excluding carboxylic acids is 1. The highest BCUT2D eigenvalue weighted by molar-refractivity contribution is 5.88. The van der Waals surface area contributed by atoms with Gasteiger partial charge in [-0.15, -0.1) is 0 Å². The average Bonchev–Trinajstić information content (AvgIpc) is 3.17. The van der Waals surface area contributed by atoms with Crippen molar-refractivity contribution in [3.05, 3.63) is 76.0 Å². The number of benzene rings is 3. The number of aromatic hydroxyl groups is 5. The Morgan fingerprint density at radius 3 is 2.20 bits per heavy atom. The van der Waals surface area contributed by atoms with Crippen molar-refractivity contribution in [2.75, 3.05) is 20.3 Å². The highest BCUT2D eigenvalue weighted by Gasteiger charge is 2.52. The van der Waals surface area contributed by atoms with E-state index in [1.54, 1.807) is 0 Å². The fourth-order valence-electron chi connectivity index (χ4n) is 6.37. The van der Waals surface area contributed by atoms with Gasteiger partial charge < -0.3 is 84.3 Å². The molecule has 10 unspecified atom stereocenters. The zero-order chi connectivity index (χ0) is 40.6. The van der Waals surface area contributed by atoms with Gasteiger partial charge in [0.2, 0.25) is 0 Å². The van der Waals surface area contributed by atoms with Gasteiger partial charge in [0, 0.05) is 23.8 Å². The van der Waals surface area contributed by atoms with E-state index in [-0.39, 0.29) is 28.4 Å². The average molecular weight is 787 g/mol. The quantitative estimate of drug-likeness (QED) is 0.0553. The fraction of sp³-hybridized carbons (Fsp3) is 0.351. The lowest BCUT2D eigenvalue weighted by molar-refractivity contribution is -0.342. The Kier molecular flexibility index (Phi) is 11.7. The molecule has 0 aliphatic carbocycles. The molecular formula is C37H38O19. The molecule has 2 saturated heterocycles. The lowest BCUT2D eigenvalue weighted by Gasteiger charge is -2.46. The van der Waals surface area contributed by atoms with Crippen LogP contribution in [0.4, 0.5) is 0 Å². The molecule has 10 atom stereocenters. The maximum atomic E-state index is 13.4. The zero-order valence-electron chi connectivity index (χ0n) is 29.1. The molecule has 0 saturated carbocycles. The van der Waals surface area contributed by atoms with E-state index >= 15 is 0 Å². The Morgan fingerprint density at radius 1 is 0.786 bits per heavy atom. The van der Waals surface area contributed by atoms with Gasteiger partial charge in [0.05, 0.1) is 19.3 Å². The van der Waals surface area contributed by atoms with E-state index in [4.69, 9.17) is 28.1 Å². The van der Waals surface area contributed by atoms with Gasteiger partial charge in [-0.2, -0.15) is 0 Å². The third kappa shape index (κ3) is 7.80. The van der Waals surface area contributed by atoms with Crippen molar-refractivity contribution in [3.63, 3.8) is 0 Å². The Labute approximate surface area is 315 Å². The summed E-state index contributed by atoms with van der Waals surface area (Å²) < 4.78 is 33.1. The monoisotopic (exact) mass is 786 g/mol. The molecule has 3 aromatic carbocycles. The zero-order valence-corrected chi connectivity index (χ0v) is 29.1. The molecule has 2 fully saturated rings. The van der Waals surface area contributed by atoms with Crippen molar-refractivity contribution in [1.29, 1.82) is 0 Å². The molecule has 56 heavy (non-hydrogen) atoms. The number of methoxy groups -OCH3 is 1. The first-order valence-corrected chi connectivity index (χ1v) is 16.9. The number of hydrogen-bond donors (Lipinski definition) is 11. The lowest BCUT2D eigenvalue weighted by Crippen LogP contribution is -2.63. The summed E-state index contributed by atoms with van der Waals surface area (Å²) in [6, 6.07) is 9.71. The third-order valence-electron chi connectivity index (χ3n) is 9.39. The summed E-state index contributed by atoms with van der Waals surface area (Å²) in [5.41, 5.74) is -1.21. The predicted molar refractivity (Wildman–Crippen MR) is 187 cm³/mol. The van der Waals surface area contributed by atoms with Crippen molar-refractivity contribution in [1.82, 2.24) is 0 Å². The summed E-state index contributed by atoms with van der Waals surface area (Å²) in [6.07, 6.45) is -16.3. The molecule has 19 nitrogen and oxygen atoms in total. The molecule has 2 aliphatic heterocycles. The standard InChI is InChI=1S/C37H38O19/c1-51-22-8-14(2-5-17(22)40)3-7-26(44)52-13-25-30(46)32(48)34(50)37(55-25)56-36-33(49)29(45)24(12-38)54-35(36)28-20(43)11-23-27(31(28)47)19(42)10-21(53-23)15-4-6-16(39)18(41)9-15/h2-11,24-25,29-30,32-41,43,45-50H,12-13H2,1H3. The fourth-order valence-corrected chi connectivity index (χ4v) is 6.37. The minimum Gasteiger partial charge on any atom is -0.507 e. The van der Waals surface area contributed by atoms with E-state index in [1.807, 2.05) is 0 Å². The number of fused-ring (bicyclic) bond motifs is 1. The number of hydrogen-bond acceptors (Lipinski definition) is 19. The molecule has 0 radical (unpaired) electrons. The number of carbonyl (C=O) groups is 1. The van der Waals surface area contributed by atoms with Crippen LogP contribution in [0, 0.1) is 0 Å². The van der Waals surface area contributed by atoms with Crippen LogP contribution >= 0.6 is 0 Å². The Morgan fingerprint density at radius 2 is 1.50 bits per heavy atom. The number of ether oxygens (including phenoxy) is 5. The normalized spacial score (nSPS) is 28.1. The van der Waals surface area contributed by atoms with E-state index in [2.05, 4.69) is 0 Å². The molecule has 4 aromatic rings. The second-order valence-electron chi connectivity index (χ2n) is 13.0. The number of aliphatic hydroxyl groups is 6. The number of esters is 1. The largest absolute Gasteiger partial charge is 0.507 e. The molecule has 0 amide bonds. The molecule has 300 valence electrons. The van der Waals surface area contributed by atoms with Crippen LogP contribution in [0.25, 0.3) is 28.4 Å². The van der Waals surface area contributed by atoms with Gasteiger partial charge in [0.15, 0.2) is 34.7 Å². The van der Waals surface area contributed by atoms with Crippen molar-refractivity contribution in [3.8, 4) is 45.8 Å². The van der Waals surface area contributed by atoms with E-state index in [0.717, 1.165) is 30.3 Å². The van der Waals surface area contributed by atoms with E-state index in [0.29, 0.717) is 5.56 Å². The van der Waals surface area contributed by atoms with Gasteiger partial charge in [0.1, 0.15) is 89.8 Å². The van der Waals surface area contributed by atoms with Crippen LogP contribution < -0.4 is 10.2 Å². The summed E-state index contributed by atoms with van der Waals surface area (Å²) >= 11 is 0. The predicted octanol–water partition coefficient (Wildman–Crippen LogP) is -0.400. The van der Waals surface area contributed by atoms with Gasteiger partial charge in [0.25, 0.3) is 0 Å². The topological polar surface area (TPSA) is 316 Å².